The molecule has 13 nitrogen and oxygen atoms in total. The third kappa shape index (κ3) is 6.70. The molecule has 1 aromatic heterocycles. The third-order valence-corrected chi connectivity index (χ3v) is 8.86. The van der Waals surface area contributed by atoms with E-state index in [4.69, 9.17) is 14.2 Å². The third-order valence-electron chi connectivity index (χ3n) is 6.57. The molecule has 0 aliphatic carbocycles. The molecule has 1 amide bonds. The molecular formula is C24H23BrF4N6O7S. The molecule has 5 rings (SSSR count). The van der Waals surface area contributed by atoms with E-state index in [1.807, 2.05) is 17.6 Å². The zero-order valence-electron chi connectivity index (χ0n) is 21.8. The van der Waals surface area contributed by atoms with Crippen LogP contribution in [0.2, 0.25) is 0 Å². The van der Waals surface area contributed by atoms with Crippen LogP contribution in [0.15, 0.2) is 51.6 Å². The normalized spacial score (nSPS) is 21.4. The van der Waals surface area contributed by atoms with Crippen molar-refractivity contribution in [2.24, 2.45) is 0 Å². The largest absolute Gasteiger partial charge is 0.491 e. The molecule has 0 radical (unpaired) electrons. The monoisotopic (exact) mass is 694 g/mol. The van der Waals surface area contributed by atoms with E-state index in [0.29, 0.717) is 41.6 Å². The fraction of sp³-hybridized carbons (Fsp3) is 0.333. The summed E-state index contributed by atoms with van der Waals surface area (Å²) in [6.07, 6.45) is -6.80. The quantitative estimate of drug-likeness (QED) is 0.193. The number of alkyl halides is 3. The number of rotatable bonds is 8. The Morgan fingerprint density at radius 1 is 1.14 bits per heavy atom. The number of nitrogens with one attached hydrogen (secondary N) is 2. The van der Waals surface area contributed by atoms with E-state index in [9.17, 15) is 36.3 Å². The second-order valence-electron chi connectivity index (χ2n) is 9.55. The van der Waals surface area contributed by atoms with Crippen molar-refractivity contribution in [2.75, 3.05) is 34.8 Å². The fourth-order valence-electron chi connectivity index (χ4n) is 4.36. The van der Waals surface area contributed by atoms with Gasteiger partial charge >= 0.3 is 24.1 Å². The number of hydrogen-bond acceptors (Lipinski definition) is 12. The minimum atomic E-state index is -5.49. The van der Waals surface area contributed by atoms with Crippen molar-refractivity contribution < 1.29 is 50.5 Å². The van der Waals surface area contributed by atoms with E-state index in [-0.39, 0.29) is 22.5 Å². The number of esters is 1. The Kier molecular flexibility index (Phi) is 8.56. The fourth-order valence-corrected chi connectivity index (χ4v) is 6.03. The van der Waals surface area contributed by atoms with Crippen LogP contribution in [0.25, 0.3) is 0 Å². The smallest absolute Gasteiger partial charge is 0.408 e. The molecule has 2 fully saturated rings. The summed E-state index contributed by atoms with van der Waals surface area (Å²) in [6.45, 7) is 1.76. The Balaban J connectivity index is 1.38. The molecule has 1 atom stereocenters. The van der Waals surface area contributed by atoms with Crippen LogP contribution in [0.5, 0.6) is 0 Å². The number of anilines is 2. The van der Waals surface area contributed by atoms with Crippen molar-refractivity contribution in [1.82, 2.24) is 20.7 Å². The summed E-state index contributed by atoms with van der Waals surface area (Å²) in [5, 5.41) is 10.1. The summed E-state index contributed by atoms with van der Waals surface area (Å²) in [7, 11) is -2.50. The van der Waals surface area contributed by atoms with Gasteiger partial charge in [0, 0.05) is 26.2 Å². The highest BCUT2D eigenvalue weighted by Crippen LogP contribution is 2.42. The van der Waals surface area contributed by atoms with Gasteiger partial charge in [-0.2, -0.15) is 23.8 Å². The summed E-state index contributed by atoms with van der Waals surface area (Å²) >= 11 is 2.94. The van der Waals surface area contributed by atoms with Gasteiger partial charge in [-0.05, 0) is 55.6 Å². The minimum absolute atomic E-state index is 0.0479. The van der Waals surface area contributed by atoms with E-state index < -0.39 is 46.2 Å². The SMILES string of the molecule is O=C1ONC(OC(=O)C(F)(F)F)(c2nonc2NCc2ccc(CN3CCS(O)(O)CC3)cc2)N1c1ccc(F)c(Br)c1. The van der Waals surface area contributed by atoms with Gasteiger partial charge in [-0.25, -0.2) is 23.5 Å². The van der Waals surface area contributed by atoms with Crippen LogP contribution in [0.3, 0.4) is 0 Å². The van der Waals surface area contributed by atoms with Crippen molar-refractivity contribution in [3.8, 4) is 0 Å². The van der Waals surface area contributed by atoms with Gasteiger partial charge in [0.2, 0.25) is 11.5 Å². The first-order chi connectivity index (χ1) is 20.3. The average molecular weight is 695 g/mol. The van der Waals surface area contributed by atoms with Crippen molar-refractivity contribution in [3.05, 3.63) is 69.6 Å². The lowest BCUT2D eigenvalue weighted by molar-refractivity contribution is -0.222. The minimum Gasteiger partial charge on any atom is -0.408 e. The lowest BCUT2D eigenvalue weighted by Gasteiger charge is -2.41. The highest BCUT2D eigenvalue weighted by atomic mass is 79.9. The lowest BCUT2D eigenvalue weighted by atomic mass is 10.1. The Bertz CT molecular complexity index is 1500. The van der Waals surface area contributed by atoms with E-state index in [1.54, 1.807) is 12.1 Å². The number of carbonyl (C=O) groups excluding carboxylic acids is 2. The molecule has 3 heterocycles. The molecule has 2 aliphatic rings. The van der Waals surface area contributed by atoms with E-state index >= 15 is 0 Å². The molecule has 0 spiro atoms. The van der Waals surface area contributed by atoms with Gasteiger partial charge in [0.05, 0.1) is 21.7 Å². The second-order valence-corrected chi connectivity index (χ2v) is 12.8. The van der Waals surface area contributed by atoms with Crippen molar-refractivity contribution >= 4 is 50.1 Å². The van der Waals surface area contributed by atoms with E-state index in [2.05, 4.69) is 36.5 Å². The van der Waals surface area contributed by atoms with Crippen molar-refractivity contribution in [1.29, 1.82) is 0 Å². The highest BCUT2D eigenvalue weighted by molar-refractivity contribution is 9.10. The first-order valence-corrected chi connectivity index (χ1v) is 15.1. The first kappa shape index (κ1) is 31.0. The van der Waals surface area contributed by atoms with Gasteiger partial charge in [-0.15, -0.1) is 0 Å². The first-order valence-electron chi connectivity index (χ1n) is 12.4. The lowest BCUT2D eigenvalue weighted by Crippen LogP contribution is -2.55. The topological polar surface area (TPSA) is 163 Å². The molecule has 4 N–H and O–H groups in total. The van der Waals surface area contributed by atoms with Crippen molar-refractivity contribution in [2.45, 2.75) is 25.1 Å². The predicted molar refractivity (Wildman–Crippen MR) is 146 cm³/mol. The van der Waals surface area contributed by atoms with Crippen LogP contribution in [0.1, 0.15) is 16.8 Å². The van der Waals surface area contributed by atoms with Crippen LogP contribution < -0.4 is 15.7 Å². The highest BCUT2D eigenvalue weighted by Gasteiger charge is 2.60. The number of carbonyl (C=O) groups is 2. The molecule has 19 heteroatoms. The molecule has 2 aliphatic heterocycles. The number of nitrogens with zero attached hydrogens (tertiary/aromatic N) is 4. The zero-order chi connectivity index (χ0) is 31.0. The Hall–Kier alpha value is -3.49. The number of amides is 1. The van der Waals surface area contributed by atoms with Gasteiger partial charge in [-0.1, -0.05) is 29.7 Å². The maximum atomic E-state index is 13.9. The summed E-state index contributed by atoms with van der Waals surface area (Å²) in [5.41, 5.74) is 2.82. The van der Waals surface area contributed by atoms with Gasteiger partial charge in [0.15, 0.2) is 0 Å². The standard InChI is InChI=1S/C24H23BrF4N6O7S/c25-17-11-16(5-6-18(17)26)35-22(37)41-33-24(35,40-21(36)23(27,28)29)19-20(32-42-31-19)30-12-14-1-3-15(4-2-14)13-34-7-9-43(38,39)10-8-34/h1-6,11,33,38-39H,7-10,12-13H2,(H,30,32). The molecule has 3 aromatic rings. The van der Waals surface area contributed by atoms with Gasteiger partial charge < -0.3 is 14.9 Å². The summed E-state index contributed by atoms with van der Waals surface area (Å²) in [4.78, 5) is 32.1. The molecule has 232 valence electrons. The Morgan fingerprint density at radius 2 is 1.81 bits per heavy atom. The van der Waals surface area contributed by atoms with Crippen LogP contribution in [0.4, 0.5) is 33.9 Å². The average Bonchev–Trinajstić information content (AvgIpc) is 3.55. The summed E-state index contributed by atoms with van der Waals surface area (Å²) < 4.78 is 82.9. The Morgan fingerprint density at radius 3 is 2.47 bits per heavy atom. The number of hydrogen-bond donors (Lipinski definition) is 4. The number of hydroxylamine groups is 1. The van der Waals surface area contributed by atoms with E-state index in [1.165, 1.54) is 0 Å². The number of halogens is 5. The summed E-state index contributed by atoms with van der Waals surface area (Å²) in [6, 6.07) is 10.3. The van der Waals surface area contributed by atoms with Crippen molar-refractivity contribution in [3.63, 3.8) is 0 Å². The van der Waals surface area contributed by atoms with Gasteiger partial charge in [-0.3, -0.25) is 14.0 Å². The van der Waals surface area contributed by atoms with E-state index in [0.717, 1.165) is 23.8 Å². The van der Waals surface area contributed by atoms with Crippen LogP contribution in [0, 0.1) is 5.82 Å². The van der Waals surface area contributed by atoms with Gasteiger partial charge in [0.1, 0.15) is 5.82 Å². The molecule has 1 unspecified atom stereocenters. The van der Waals surface area contributed by atoms with Gasteiger partial charge in [0.25, 0.3) is 0 Å². The molecule has 0 saturated carbocycles. The molecule has 0 bridgehead atoms. The Labute approximate surface area is 250 Å². The zero-order valence-corrected chi connectivity index (χ0v) is 24.2. The molecule has 43 heavy (non-hydrogen) atoms. The molecule has 2 saturated heterocycles. The van der Waals surface area contributed by atoms with Crippen LogP contribution in [-0.2, 0) is 33.3 Å². The summed E-state index contributed by atoms with van der Waals surface area (Å²) in [5.74, 6) is -5.97. The maximum absolute atomic E-state index is 13.9. The predicted octanol–water partition coefficient (Wildman–Crippen LogP) is 4.53. The molecular weight excluding hydrogens is 672 g/mol. The number of benzene rings is 2. The molecule has 2 aromatic carbocycles. The number of ether oxygens (including phenoxy) is 1. The maximum Gasteiger partial charge on any atom is 0.491 e. The number of aromatic nitrogens is 2. The van der Waals surface area contributed by atoms with Crippen LogP contribution in [-0.4, -0.2) is 67.2 Å². The second kappa shape index (κ2) is 11.9. The van der Waals surface area contributed by atoms with Crippen LogP contribution >= 0.6 is 26.5 Å².